The second kappa shape index (κ2) is 67.2. The quantitative estimate of drug-likeness (QED) is 0.0209. The van der Waals surface area contributed by atoms with Crippen molar-refractivity contribution in [1.29, 1.82) is 0 Å². The van der Waals surface area contributed by atoms with E-state index in [1.54, 1.807) is 0 Å². The van der Waals surface area contributed by atoms with Gasteiger partial charge in [-0.2, -0.15) is 0 Å². The van der Waals surface area contributed by atoms with Gasteiger partial charge in [-0.15, -0.1) is 0 Å². The van der Waals surface area contributed by atoms with Crippen LogP contribution >= 0.6 is 0 Å². The van der Waals surface area contributed by atoms with E-state index in [1.165, 1.54) is 315 Å². The molecule has 0 amide bonds. The summed E-state index contributed by atoms with van der Waals surface area (Å²) >= 11 is 0. The Balaban J connectivity index is 0.000000926. The molecule has 0 aliphatic rings. The zero-order chi connectivity index (χ0) is 97.8. The maximum absolute atomic E-state index is 14.8. The minimum Gasteiger partial charge on any atom is -0.507 e. The summed E-state index contributed by atoms with van der Waals surface area (Å²) in [5, 5.41) is 82.1. The molecule has 11 heteroatoms. The van der Waals surface area contributed by atoms with E-state index >= 15 is 0 Å². The Morgan fingerprint density at radius 1 is 0.252 bits per heavy atom. The van der Waals surface area contributed by atoms with Crippen molar-refractivity contribution >= 4 is 23.9 Å². The van der Waals surface area contributed by atoms with Crippen molar-refractivity contribution in [2.24, 2.45) is 10.8 Å². The summed E-state index contributed by atoms with van der Waals surface area (Å²) in [5.41, 5.74) is -1.84. The van der Waals surface area contributed by atoms with Crippen LogP contribution in [-0.2, 0) is 58.1 Å². The molecule has 3 aromatic rings. The number of rotatable bonds is 78. The second-order valence-corrected chi connectivity index (χ2v) is 46.6. The Morgan fingerprint density at radius 3 is 0.733 bits per heavy atom. The number of aliphatic carboxylic acids is 4. The van der Waals surface area contributed by atoms with Gasteiger partial charge in [0.15, 0.2) is 10.8 Å². The maximum Gasteiger partial charge on any atom is 0.322 e. The molecule has 0 radical (unpaired) electrons. The Labute approximate surface area is 808 Å². The molecular formula is C120H212O11. The highest BCUT2D eigenvalue weighted by Crippen LogP contribution is 2.58. The summed E-state index contributed by atoms with van der Waals surface area (Å²) in [5.74, 6) is -5.76. The lowest BCUT2D eigenvalue weighted by Crippen LogP contribution is -2.58. The average molecular weight is 1830 g/mol. The first-order valence-corrected chi connectivity index (χ1v) is 55.7. The Hall–Kier alpha value is -5.06. The minimum absolute atomic E-state index is 0.0124. The fourth-order valence-electron chi connectivity index (χ4n) is 20.8. The lowest BCUT2D eigenvalue weighted by Gasteiger charge is -2.48. The van der Waals surface area contributed by atoms with E-state index in [-0.39, 0.29) is 39.9 Å². The summed E-state index contributed by atoms with van der Waals surface area (Å²) in [6, 6.07) is 11.7. The molecule has 758 valence electrons. The number of hydrogen-bond donors (Lipinski definition) is 7. The largest absolute Gasteiger partial charge is 0.507 e. The summed E-state index contributed by atoms with van der Waals surface area (Å²) in [4.78, 5) is 56.2. The number of hydrogen-bond acceptors (Lipinski definition) is 7. The molecule has 0 aliphatic heterocycles. The van der Waals surface area contributed by atoms with Gasteiger partial charge in [0.25, 0.3) is 0 Å². The van der Waals surface area contributed by atoms with Crippen LogP contribution in [0.3, 0.4) is 0 Å². The molecule has 7 N–H and O–H groups in total. The lowest BCUT2D eigenvalue weighted by atomic mass is 9.52. The number of carbonyl (C=O) groups is 4. The van der Waals surface area contributed by atoms with Gasteiger partial charge in [-0.05, 0) is 104 Å². The molecule has 0 saturated carbocycles. The number of unbranched alkanes of at least 4 members (excludes halogenated alkanes) is 60. The van der Waals surface area contributed by atoms with Crippen molar-refractivity contribution in [3.8, 4) is 17.2 Å². The molecule has 0 aliphatic carbocycles. The van der Waals surface area contributed by atoms with Crippen molar-refractivity contribution < 1.29 is 54.9 Å². The van der Waals surface area contributed by atoms with Crippen LogP contribution in [0.15, 0.2) is 36.4 Å². The van der Waals surface area contributed by atoms with Crippen LogP contribution in [0.5, 0.6) is 17.2 Å². The first-order valence-electron chi connectivity index (χ1n) is 55.7. The van der Waals surface area contributed by atoms with Crippen molar-refractivity contribution in [2.45, 2.75) is 620 Å². The number of aryl methyl sites for hydroxylation is 1. The Morgan fingerprint density at radius 2 is 0.481 bits per heavy atom. The fourth-order valence-corrected chi connectivity index (χ4v) is 20.8. The van der Waals surface area contributed by atoms with Gasteiger partial charge in [-0.3, -0.25) is 19.2 Å². The van der Waals surface area contributed by atoms with Crippen LogP contribution in [0.2, 0.25) is 0 Å². The van der Waals surface area contributed by atoms with Gasteiger partial charge >= 0.3 is 23.9 Å². The zero-order valence-electron chi connectivity index (χ0n) is 89.6. The van der Waals surface area contributed by atoms with Crippen LogP contribution in [0.1, 0.15) is 624 Å². The summed E-state index contributed by atoms with van der Waals surface area (Å²) in [6.45, 7) is 42.0. The van der Waals surface area contributed by atoms with Gasteiger partial charge in [-0.25, -0.2) is 0 Å². The molecule has 0 fully saturated rings. The van der Waals surface area contributed by atoms with E-state index < -0.39 is 63.3 Å². The van der Waals surface area contributed by atoms with Gasteiger partial charge in [0.1, 0.15) is 17.2 Å². The molecule has 3 aromatic carbocycles. The molecule has 0 heterocycles. The molecule has 0 bridgehead atoms. The molecule has 0 saturated heterocycles. The van der Waals surface area contributed by atoms with Gasteiger partial charge in [0.05, 0.1) is 0 Å². The van der Waals surface area contributed by atoms with E-state index in [4.69, 9.17) is 0 Å². The monoisotopic (exact) mass is 1830 g/mol. The normalized spacial score (nSPS) is 12.9. The van der Waals surface area contributed by atoms with Crippen molar-refractivity contribution in [1.82, 2.24) is 0 Å². The molecule has 131 heavy (non-hydrogen) atoms. The van der Waals surface area contributed by atoms with E-state index in [2.05, 4.69) is 96.1 Å². The number of carboxylic acids is 4. The summed E-state index contributed by atoms with van der Waals surface area (Å²) in [7, 11) is 0. The number of aromatic hydroxyl groups is 3. The zero-order valence-corrected chi connectivity index (χ0v) is 89.6. The topological polar surface area (TPSA) is 210 Å². The van der Waals surface area contributed by atoms with Crippen LogP contribution in [0.25, 0.3) is 0 Å². The van der Waals surface area contributed by atoms with Gasteiger partial charge in [0, 0.05) is 23.3 Å². The van der Waals surface area contributed by atoms with Crippen molar-refractivity contribution in [2.75, 3.05) is 0 Å². The van der Waals surface area contributed by atoms with Gasteiger partial charge in [0.2, 0.25) is 0 Å². The van der Waals surface area contributed by atoms with Crippen LogP contribution < -0.4 is 0 Å². The average Bonchev–Trinajstić information content (AvgIpc) is 0.707. The molecule has 0 aromatic heterocycles. The number of carboxylic acid groups (broad SMARTS) is 4. The smallest absolute Gasteiger partial charge is 0.322 e. The van der Waals surface area contributed by atoms with E-state index in [9.17, 15) is 54.9 Å². The van der Waals surface area contributed by atoms with Crippen LogP contribution in [-0.4, -0.2) is 59.6 Å². The highest BCUT2D eigenvalue weighted by Gasteiger charge is 2.64. The number of benzene rings is 3. The molecule has 1 atom stereocenters. The fraction of sp³-hybridized carbons (Fsp3) is 0.817. The lowest BCUT2D eigenvalue weighted by molar-refractivity contribution is -0.173. The molecule has 1 unspecified atom stereocenters. The second-order valence-electron chi connectivity index (χ2n) is 46.6. The highest BCUT2D eigenvalue weighted by atomic mass is 16.4. The van der Waals surface area contributed by atoms with E-state index in [0.29, 0.717) is 66.3 Å². The maximum atomic E-state index is 14.8. The Kier molecular flexibility index (Phi) is 62.6. The number of phenolic OH excluding ortho intramolecular Hbond substituents is 3. The van der Waals surface area contributed by atoms with E-state index in [1.807, 2.05) is 78.8 Å². The summed E-state index contributed by atoms with van der Waals surface area (Å²) in [6.07, 6.45) is 79.2. The third-order valence-corrected chi connectivity index (χ3v) is 29.7. The first-order chi connectivity index (χ1) is 62.1. The summed E-state index contributed by atoms with van der Waals surface area (Å²) < 4.78 is 0. The minimum atomic E-state index is -2.44. The first kappa shape index (κ1) is 122. The molecule has 3 rings (SSSR count). The van der Waals surface area contributed by atoms with Crippen molar-refractivity contribution in [3.63, 3.8) is 0 Å². The Bertz CT molecular complexity index is 3420. The SMILES string of the molecule is CCCCCCCCCCCCCCCCCCC(CCCCCCCCCCCCCCCCCC)(c1cc(C(C)(C)C)cc(C(C)(C)C)c1O)C(Cc1cc(C(C)(C)C)cc(C(C)(C)C)c1O)(C(=O)O)C(=O)O.CCCCCCCCCCCCCCCCCCC(c1cc(C)c(O)c(C(C)(C)C)c1)C(CCCCCCCCCCCCCCCCCC)(C(=O)O)C(=O)O. The highest BCUT2D eigenvalue weighted by molar-refractivity contribution is 6.01. The van der Waals surface area contributed by atoms with Gasteiger partial charge < -0.3 is 35.7 Å². The predicted octanol–water partition coefficient (Wildman–Crippen LogP) is 37.8. The van der Waals surface area contributed by atoms with Crippen LogP contribution in [0, 0.1) is 17.8 Å². The standard InChI is InChI=1S/C69H120O6.C51H92O5/c1-15-17-19-21-23-25-27-29-31-33-35-37-39-41-43-45-47-68(59-52-56(65(6,7)8)51-58(61(59)71)67(12,13)14,48-46-44-42-40-38-36-34-32-30-28-26-24-22-20-18-16-2)69(62(72)73,63(74)75)53-54-49-55(64(3,4)5)50-57(60(54)70)66(9,10)11;1-7-9-11-13-15-17-19-21-23-25-27-29-31-33-35-37-39-45(44-41-43(3)47(52)46(42-44)50(4,5)6)51(48(53)54,49(55)56)40-38-36-34-32-30-28-26-24-22-20-18-16-14-12-10-8-2/h49-52,70-71H,15-48,53H2,1-14H3,(H,72,73)(H,74,75);41-42,45,52H,7-40H2,1-6H3,(H,53,54)(H,55,56). The van der Waals surface area contributed by atoms with Crippen molar-refractivity contribution in [3.05, 3.63) is 86.5 Å². The third-order valence-electron chi connectivity index (χ3n) is 29.7. The van der Waals surface area contributed by atoms with Gasteiger partial charge in [-0.1, -0.05) is 579 Å². The molecule has 0 spiro atoms. The third kappa shape index (κ3) is 46.3. The van der Waals surface area contributed by atoms with E-state index in [0.717, 1.165) is 99.3 Å². The van der Waals surface area contributed by atoms with Crippen LogP contribution in [0.4, 0.5) is 0 Å². The molecular weight excluding hydrogens is 1620 g/mol. The predicted molar refractivity (Wildman–Crippen MR) is 563 cm³/mol. The molecule has 11 nitrogen and oxygen atoms in total. The number of phenols is 3.